The Bertz CT molecular complexity index is 716. The normalized spacial score (nSPS) is 17.2. The summed E-state index contributed by atoms with van der Waals surface area (Å²) in [6, 6.07) is 2.98. The number of carboxylic acid groups (broad SMARTS) is 1. The Balaban J connectivity index is 2.17. The van der Waals surface area contributed by atoms with Crippen molar-refractivity contribution in [2.45, 2.75) is 6.04 Å². The van der Waals surface area contributed by atoms with Crippen molar-refractivity contribution in [1.29, 1.82) is 0 Å². The van der Waals surface area contributed by atoms with Crippen LogP contribution in [0.5, 0.6) is 0 Å². The SMILES string of the molecule is O=C(O)C1=C(NC2COC2)c2cc(Br)c(F)cc2C=C=C1. The summed E-state index contributed by atoms with van der Waals surface area (Å²) >= 11 is 3.14. The Hall–Kier alpha value is -1.88. The maximum atomic E-state index is 13.7. The number of halogens is 2. The summed E-state index contributed by atoms with van der Waals surface area (Å²) in [5, 5.41) is 12.6. The minimum Gasteiger partial charge on any atom is -0.478 e. The van der Waals surface area contributed by atoms with Gasteiger partial charge in [0.2, 0.25) is 0 Å². The third-order valence-electron chi connectivity index (χ3n) is 3.31. The van der Waals surface area contributed by atoms with E-state index in [1.54, 1.807) is 12.1 Å². The molecule has 0 radical (unpaired) electrons. The minimum atomic E-state index is -1.06. The third-order valence-corrected chi connectivity index (χ3v) is 3.92. The highest BCUT2D eigenvalue weighted by atomic mass is 79.9. The lowest BCUT2D eigenvalue weighted by Gasteiger charge is -2.30. The molecule has 1 aliphatic heterocycles. The van der Waals surface area contributed by atoms with E-state index in [4.69, 9.17) is 4.74 Å². The molecule has 1 aliphatic carbocycles. The average molecular weight is 352 g/mol. The number of carbonyl (C=O) groups is 1. The van der Waals surface area contributed by atoms with E-state index in [2.05, 4.69) is 27.0 Å². The van der Waals surface area contributed by atoms with Gasteiger partial charge in [-0.2, -0.15) is 0 Å². The van der Waals surface area contributed by atoms with Crippen molar-refractivity contribution >= 4 is 33.7 Å². The molecule has 1 aromatic rings. The summed E-state index contributed by atoms with van der Waals surface area (Å²) in [5.74, 6) is -1.47. The zero-order valence-corrected chi connectivity index (χ0v) is 12.4. The quantitative estimate of drug-likeness (QED) is 0.821. The molecule has 6 heteroatoms. The predicted molar refractivity (Wildman–Crippen MR) is 78.9 cm³/mol. The first-order valence-corrected chi connectivity index (χ1v) is 7.09. The maximum absolute atomic E-state index is 13.7. The van der Waals surface area contributed by atoms with Gasteiger partial charge in [-0.25, -0.2) is 9.18 Å². The lowest BCUT2D eigenvalue weighted by Crippen LogP contribution is -2.45. The molecule has 0 spiro atoms. The van der Waals surface area contributed by atoms with Crippen LogP contribution in [0.2, 0.25) is 0 Å². The van der Waals surface area contributed by atoms with E-state index < -0.39 is 11.8 Å². The molecule has 3 rings (SSSR count). The molecule has 1 saturated heterocycles. The van der Waals surface area contributed by atoms with Crippen LogP contribution in [0.25, 0.3) is 11.8 Å². The summed E-state index contributed by atoms with van der Waals surface area (Å²) in [7, 11) is 0. The van der Waals surface area contributed by atoms with E-state index in [0.29, 0.717) is 30.0 Å². The summed E-state index contributed by atoms with van der Waals surface area (Å²) in [4.78, 5) is 11.5. The Morgan fingerprint density at radius 2 is 2.19 bits per heavy atom. The molecule has 0 saturated carbocycles. The van der Waals surface area contributed by atoms with Crippen molar-refractivity contribution in [3.8, 4) is 0 Å². The van der Waals surface area contributed by atoms with Gasteiger partial charge in [0.25, 0.3) is 0 Å². The fourth-order valence-electron chi connectivity index (χ4n) is 2.18. The molecule has 1 heterocycles. The maximum Gasteiger partial charge on any atom is 0.338 e. The molecule has 0 bridgehead atoms. The van der Waals surface area contributed by atoms with Crippen molar-refractivity contribution in [2.24, 2.45) is 0 Å². The first kappa shape index (κ1) is 14.1. The molecule has 2 aliphatic rings. The molecular weight excluding hydrogens is 341 g/mol. The summed E-state index contributed by atoms with van der Waals surface area (Å²) < 4.78 is 19.1. The smallest absolute Gasteiger partial charge is 0.338 e. The van der Waals surface area contributed by atoms with E-state index in [-0.39, 0.29) is 16.1 Å². The van der Waals surface area contributed by atoms with Crippen LogP contribution in [0.4, 0.5) is 4.39 Å². The van der Waals surface area contributed by atoms with Gasteiger partial charge >= 0.3 is 5.97 Å². The minimum absolute atomic E-state index is 0.0533. The van der Waals surface area contributed by atoms with Gasteiger partial charge in [-0.1, -0.05) is 0 Å². The number of hydrogen-bond donors (Lipinski definition) is 2. The standard InChI is InChI=1S/C15H11BrFNO3/c16-12-5-11-8(4-13(12)17)2-1-3-10(15(19)20)14(11)18-9-6-21-7-9/h2-5,9,18H,6-7H2,(H,19,20). The number of nitrogens with one attached hydrogen (secondary N) is 1. The van der Waals surface area contributed by atoms with Gasteiger partial charge < -0.3 is 15.2 Å². The van der Waals surface area contributed by atoms with Gasteiger partial charge in [-0.3, -0.25) is 0 Å². The molecule has 0 atom stereocenters. The lowest BCUT2D eigenvalue weighted by molar-refractivity contribution is -0.132. The molecular formula is C15H11BrFNO3. The number of aliphatic carboxylic acids is 1. The Kier molecular flexibility index (Phi) is 3.68. The molecule has 108 valence electrons. The van der Waals surface area contributed by atoms with Crippen LogP contribution in [0, 0.1) is 5.82 Å². The molecule has 2 N–H and O–H groups in total. The molecule has 1 fully saturated rings. The first-order valence-electron chi connectivity index (χ1n) is 6.30. The van der Waals surface area contributed by atoms with Crippen LogP contribution in [0.1, 0.15) is 11.1 Å². The van der Waals surface area contributed by atoms with Crippen LogP contribution >= 0.6 is 15.9 Å². The zero-order chi connectivity index (χ0) is 15.0. The molecule has 0 amide bonds. The van der Waals surface area contributed by atoms with Crippen LogP contribution in [-0.4, -0.2) is 30.3 Å². The van der Waals surface area contributed by atoms with Gasteiger partial charge in [0.05, 0.1) is 35.0 Å². The number of rotatable bonds is 3. The zero-order valence-electron chi connectivity index (χ0n) is 10.8. The fraction of sp³-hybridized carbons (Fsp3) is 0.200. The second-order valence-corrected chi connectivity index (χ2v) is 5.64. The third kappa shape index (κ3) is 2.65. The molecule has 0 unspecified atom stereocenters. The summed E-state index contributed by atoms with van der Waals surface area (Å²) in [6.45, 7) is 1.04. The number of carboxylic acids is 1. The second-order valence-electron chi connectivity index (χ2n) is 4.78. The van der Waals surface area contributed by atoms with Gasteiger partial charge in [0, 0.05) is 5.56 Å². The van der Waals surface area contributed by atoms with Gasteiger partial charge in [-0.05, 0) is 45.8 Å². The molecule has 1 aromatic carbocycles. The van der Waals surface area contributed by atoms with Crippen molar-refractivity contribution in [1.82, 2.24) is 5.32 Å². The highest BCUT2D eigenvalue weighted by molar-refractivity contribution is 9.10. The topological polar surface area (TPSA) is 58.6 Å². The summed E-state index contributed by atoms with van der Waals surface area (Å²) in [5.41, 5.74) is 4.52. The van der Waals surface area contributed by atoms with E-state index in [0.717, 1.165) is 0 Å². The van der Waals surface area contributed by atoms with Crippen molar-refractivity contribution in [3.63, 3.8) is 0 Å². The van der Waals surface area contributed by atoms with E-state index in [9.17, 15) is 14.3 Å². The van der Waals surface area contributed by atoms with Crippen LogP contribution < -0.4 is 5.32 Å². The number of ether oxygens (including phenoxy) is 1. The summed E-state index contributed by atoms with van der Waals surface area (Å²) in [6.07, 6.45) is 2.95. The van der Waals surface area contributed by atoms with E-state index >= 15 is 0 Å². The van der Waals surface area contributed by atoms with Gasteiger partial charge in [-0.15, -0.1) is 5.73 Å². The van der Waals surface area contributed by atoms with Crippen molar-refractivity contribution in [3.05, 3.63) is 50.9 Å². The van der Waals surface area contributed by atoms with E-state index in [1.807, 2.05) is 0 Å². The highest BCUT2D eigenvalue weighted by Crippen LogP contribution is 2.30. The number of benzene rings is 1. The highest BCUT2D eigenvalue weighted by Gasteiger charge is 2.25. The predicted octanol–water partition coefficient (Wildman–Crippen LogP) is 2.55. The number of hydrogen-bond acceptors (Lipinski definition) is 3. The first-order chi connectivity index (χ1) is 10.1. The van der Waals surface area contributed by atoms with Crippen LogP contribution in [0.15, 0.2) is 34.0 Å². The number of fused-ring (bicyclic) bond motifs is 1. The Morgan fingerprint density at radius 1 is 1.43 bits per heavy atom. The van der Waals surface area contributed by atoms with Gasteiger partial charge in [0.1, 0.15) is 5.82 Å². The Morgan fingerprint density at radius 3 is 2.81 bits per heavy atom. The molecule has 21 heavy (non-hydrogen) atoms. The largest absolute Gasteiger partial charge is 0.478 e. The van der Waals surface area contributed by atoms with Crippen LogP contribution in [-0.2, 0) is 9.53 Å². The average Bonchev–Trinajstić information content (AvgIpc) is 2.54. The van der Waals surface area contributed by atoms with Crippen LogP contribution in [0.3, 0.4) is 0 Å². The van der Waals surface area contributed by atoms with E-state index in [1.165, 1.54) is 12.1 Å². The van der Waals surface area contributed by atoms with Crippen molar-refractivity contribution < 1.29 is 19.0 Å². The van der Waals surface area contributed by atoms with Gasteiger partial charge in [0.15, 0.2) is 0 Å². The monoisotopic (exact) mass is 351 g/mol. The van der Waals surface area contributed by atoms with Crippen molar-refractivity contribution in [2.75, 3.05) is 13.2 Å². The molecule has 0 aromatic heterocycles. The molecule has 4 nitrogen and oxygen atoms in total. The lowest BCUT2D eigenvalue weighted by atomic mass is 10.0. The second kappa shape index (κ2) is 5.48. The fourth-order valence-corrected chi connectivity index (χ4v) is 2.52. The Labute approximate surface area is 128 Å².